The summed E-state index contributed by atoms with van der Waals surface area (Å²) in [6.07, 6.45) is 1.31. The number of amidine groups is 1. The van der Waals surface area contributed by atoms with Crippen LogP contribution in [0.5, 0.6) is 0 Å². The molecule has 1 N–H and O–H groups in total. The van der Waals surface area contributed by atoms with Crippen molar-refractivity contribution in [1.82, 2.24) is 4.90 Å². The highest BCUT2D eigenvalue weighted by Crippen LogP contribution is 2.26. The molecule has 0 radical (unpaired) electrons. The second kappa shape index (κ2) is 3.46. The van der Waals surface area contributed by atoms with Gasteiger partial charge in [0, 0.05) is 12.6 Å². The Hall–Kier alpha value is -0.530. The summed E-state index contributed by atoms with van der Waals surface area (Å²) in [7, 11) is 0. The van der Waals surface area contributed by atoms with Gasteiger partial charge in [0.2, 0.25) is 0 Å². The zero-order valence-electron chi connectivity index (χ0n) is 8.59. The lowest BCUT2D eigenvalue weighted by Gasteiger charge is -2.41. The summed E-state index contributed by atoms with van der Waals surface area (Å²) in [5.74, 6) is 2.20. The second-order valence-electron chi connectivity index (χ2n) is 4.30. The molecule has 2 heteroatoms. The van der Waals surface area contributed by atoms with Crippen molar-refractivity contribution in [3.8, 4) is 0 Å². The van der Waals surface area contributed by atoms with E-state index in [2.05, 4.69) is 25.7 Å². The van der Waals surface area contributed by atoms with Crippen LogP contribution in [0.3, 0.4) is 0 Å². The standard InChI is InChI=1S/C10H20N2/c1-7-5-8(2)9(3)12(6-7)10(4)11/h7-9,11H,5-6H2,1-4H3. The number of hydrogen-bond acceptors (Lipinski definition) is 1. The van der Waals surface area contributed by atoms with Crippen molar-refractivity contribution in [3.05, 3.63) is 0 Å². The van der Waals surface area contributed by atoms with Gasteiger partial charge in [0.25, 0.3) is 0 Å². The Morgan fingerprint density at radius 1 is 1.33 bits per heavy atom. The number of rotatable bonds is 0. The fraction of sp³-hybridized carbons (Fsp3) is 0.900. The minimum atomic E-state index is 0.554. The van der Waals surface area contributed by atoms with E-state index in [4.69, 9.17) is 5.41 Å². The molecule has 1 rings (SSSR count). The maximum Gasteiger partial charge on any atom is 0.0928 e. The minimum absolute atomic E-state index is 0.554. The van der Waals surface area contributed by atoms with Crippen LogP contribution >= 0.6 is 0 Å². The fourth-order valence-corrected chi connectivity index (χ4v) is 2.16. The molecular weight excluding hydrogens is 148 g/mol. The zero-order valence-corrected chi connectivity index (χ0v) is 8.59. The van der Waals surface area contributed by atoms with Crippen LogP contribution < -0.4 is 0 Å². The summed E-state index contributed by atoms with van der Waals surface area (Å²) in [6, 6.07) is 0.554. The molecule has 2 nitrogen and oxygen atoms in total. The molecule has 0 aromatic heterocycles. The van der Waals surface area contributed by atoms with Crippen LogP contribution in [0.25, 0.3) is 0 Å². The van der Waals surface area contributed by atoms with Gasteiger partial charge < -0.3 is 4.90 Å². The maximum atomic E-state index is 7.63. The molecule has 0 aromatic carbocycles. The molecule has 0 bridgehead atoms. The number of nitrogens with zero attached hydrogens (tertiary/aromatic N) is 1. The molecule has 70 valence electrons. The van der Waals surface area contributed by atoms with Crippen molar-refractivity contribution >= 4 is 5.84 Å². The Morgan fingerprint density at radius 2 is 1.92 bits per heavy atom. The normalized spacial score (nSPS) is 36.7. The Kier molecular flexibility index (Phi) is 2.76. The van der Waals surface area contributed by atoms with Crippen LogP contribution in [0, 0.1) is 17.2 Å². The van der Waals surface area contributed by atoms with E-state index < -0.39 is 0 Å². The first-order chi connectivity index (χ1) is 5.52. The number of piperidine rings is 1. The van der Waals surface area contributed by atoms with E-state index in [0.29, 0.717) is 6.04 Å². The molecule has 0 amide bonds. The van der Waals surface area contributed by atoms with Crippen molar-refractivity contribution in [2.24, 2.45) is 11.8 Å². The lowest BCUT2D eigenvalue weighted by molar-refractivity contribution is 0.145. The number of nitrogens with one attached hydrogen (secondary N) is 1. The van der Waals surface area contributed by atoms with Gasteiger partial charge in [-0.2, -0.15) is 0 Å². The Bertz CT molecular complexity index is 177. The van der Waals surface area contributed by atoms with E-state index in [-0.39, 0.29) is 0 Å². The van der Waals surface area contributed by atoms with Crippen LogP contribution in [0.2, 0.25) is 0 Å². The van der Waals surface area contributed by atoms with Crippen LogP contribution in [0.15, 0.2) is 0 Å². The van der Waals surface area contributed by atoms with Gasteiger partial charge >= 0.3 is 0 Å². The molecule has 1 fully saturated rings. The molecule has 1 aliphatic heterocycles. The van der Waals surface area contributed by atoms with Gasteiger partial charge in [-0.25, -0.2) is 0 Å². The molecule has 3 unspecified atom stereocenters. The Balaban J connectivity index is 2.66. The predicted octanol–water partition coefficient (Wildman–Crippen LogP) is 2.35. The first-order valence-electron chi connectivity index (χ1n) is 4.84. The Labute approximate surface area is 75.5 Å². The van der Waals surface area contributed by atoms with Crippen molar-refractivity contribution < 1.29 is 0 Å². The summed E-state index contributed by atoms with van der Waals surface area (Å²) in [6.45, 7) is 9.76. The van der Waals surface area contributed by atoms with Crippen molar-refractivity contribution in [3.63, 3.8) is 0 Å². The molecule has 0 spiro atoms. The molecule has 3 atom stereocenters. The van der Waals surface area contributed by atoms with Gasteiger partial charge in [-0.05, 0) is 32.1 Å². The SMILES string of the molecule is CC(=N)N1CC(C)CC(C)C1C. The summed E-state index contributed by atoms with van der Waals surface area (Å²) in [5, 5.41) is 7.63. The summed E-state index contributed by atoms with van der Waals surface area (Å²) in [5.41, 5.74) is 0. The van der Waals surface area contributed by atoms with Gasteiger partial charge in [0.1, 0.15) is 0 Å². The first kappa shape index (κ1) is 9.56. The molecule has 12 heavy (non-hydrogen) atoms. The highest BCUT2D eigenvalue weighted by atomic mass is 15.2. The van der Waals surface area contributed by atoms with E-state index in [1.165, 1.54) is 6.42 Å². The van der Waals surface area contributed by atoms with Gasteiger partial charge in [-0.1, -0.05) is 13.8 Å². The van der Waals surface area contributed by atoms with Crippen molar-refractivity contribution in [2.45, 2.75) is 40.2 Å². The highest BCUT2D eigenvalue weighted by Gasteiger charge is 2.28. The third kappa shape index (κ3) is 1.79. The van der Waals surface area contributed by atoms with Crippen LogP contribution in [-0.2, 0) is 0 Å². The van der Waals surface area contributed by atoms with Gasteiger partial charge in [0.05, 0.1) is 5.84 Å². The highest BCUT2D eigenvalue weighted by molar-refractivity contribution is 5.76. The first-order valence-corrected chi connectivity index (χ1v) is 4.84. The number of likely N-dealkylation sites (tertiary alicyclic amines) is 1. The largest absolute Gasteiger partial charge is 0.358 e. The third-order valence-corrected chi connectivity index (χ3v) is 3.03. The molecular formula is C10H20N2. The van der Waals surface area contributed by atoms with Gasteiger partial charge in [-0.15, -0.1) is 0 Å². The summed E-state index contributed by atoms with van der Waals surface area (Å²) in [4.78, 5) is 2.22. The van der Waals surface area contributed by atoms with E-state index in [0.717, 1.165) is 24.2 Å². The monoisotopic (exact) mass is 168 g/mol. The zero-order chi connectivity index (χ0) is 9.30. The maximum absolute atomic E-state index is 7.63. The smallest absolute Gasteiger partial charge is 0.0928 e. The van der Waals surface area contributed by atoms with Crippen LogP contribution in [0.4, 0.5) is 0 Å². The van der Waals surface area contributed by atoms with E-state index in [9.17, 15) is 0 Å². The number of hydrogen-bond donors (Lipinski definition) is 1. The fourth-order valence-electron chi connectivity index (χ4n) is 2.16. The molecule has 0 aromatic rings. The Morgan fingerprint density at radius 3 is 2.42 bits per heavy atom. The average molecular weight is 168 g/mol. The summed E-state index contributed by atoms with van der Waals surface area (Å²) < 4.78 is 0. The van der Waals surface area contributed by atoms with Gasteiger partial charge in [-0.3, -0.25) is 5.41 Å². The molecule has 1 heterocycles. The molecule has 0 aliphatic carbocycles. The van der Waals surface area contributed by atoms with Crippen molar-refractivity contribution in [1.29, 1.82) is 5.41 Å². The lowest BCUT2D eigenvalue weighted by atomic mass is 9.86. The van der Waals surface area contributed by atoms with E-state index in [1.807, 2.05) is 6.92 Å². The van der Waals surface area contributed by atoms with Crippen LogP contribution in [-0.4, -0.2) is 23.3 Å². The predicted molar refractivity (Wildman–Crippen MR) is 52.5 cm³/mol. The molecule has 0 saturated carbocycles. The van der Waals surface area contributed by atoms with Gasteiger partial charge in [0.15, 0.2) is 0 Å². The van der Waals surface area contributed by atoms with E-state index in [1.54, 1.807) is 0 Å². The molecule has 1 saturated heterocycles. The summed E-state index contributed by atoms with van der Waals surface area (Å²) >= 11 is 0. The molecule has 1 aliphatic rings. The topological polar surface area (TPSA) is 27.1 Å². The quantitative estimate of drug-likeness (QED) is 0.436. The van der Waals surface area contributed by atoms with Crippen LogP contribution in [0.1, 0.15) is 34.1 Å². The third-order valence-electron chi connectivity index (χ3n) is 3.03. The second-order valence-corrected chi connectivity index (χ2v) is 4.30. The van der Waals surface area contributed by atoms with E-state index >= 15 is 0 Å². The minimum Gasteiger partial charge on any atom is -0.358 e. The average Bonchev–Trinajstić information content (AvgIpc) is 1.96. The lowest BCUT2D eigenvalue weighted by Crippen LogP contribution is -2.47. The van der Waals surface area contributed by atoms with Crippen molar-refractivity contribution in [2.75, 3.05) is 6.54 Å².